The van der Waals surface area contributed by atoms with Gasteiger partial charge in [-0.25, -0.2) is 0 Å². The molecule has 10 heteroatoms. The van der Waals surface area contributed by atoms with Crippen molar-refractivity contribution < 1.29 is 19.1 Å². The minimum atomic E-state index is -1.54. The van der Waals surface area contributed by atoms with E-state index in [1.54, 1.807) is 0 Å². The Hall–Kier alpha value is -1.75. The van der Waals surface area contributed by atoms with Crippen molar-refractivity contribution in [3.8, 4) is 0 Å². The zero-order valence-corrected chi connectivity index (χ0v) is 21.7. The molecule has 0 aliphatic rings. The number of amides is 3. The van der Waals surface area contributed by atoms with E-state index in [0.29, 0.717) is 26.2 Å². The van der Waals surface area contributed by atoms with Crippen LogP contribution in [0.15, 0.2) is 0 Å². The summed E-state index contributed by atoms with van der Waals surface area (Å²) in [7, 11) is 5.20. The summed E-state index contributed by atoms with van der Waals surface area (Å²) in [5.41, 5.74) is 3.96. The van der Waals surface area contributed by atoms with Gasteiger partial charge in [0.05, 0.1) is 12.8 Å². The van der Waals surface area contributed by atoms with Crippen molar-refractivity contribution in [2.24, 2.45) is 5.73 Å². The Morgan fingerprint density at radius 3 is 1.47 bits per heavy atom. The first-order chi connectivity index (χ1) is 16.5. The fourth-order valence-corrected chi connectivity index (χ4v) is 3.58. The van der Waals surface area contributed by atoms with E-state index in [1.807, 2.05) is 14.1 Å². The number of methoxy groups -OCH3 is 1. The van der Waals surface area contributed by atoms with E-state index in [4.69, 9.17) is 10.5 Å². The van der Waals surface area contributed by atoms with Crippen molar-refractivity contribution in [1.82, 2.24) is 26.6 Å². The van der Waals surface area contributed by atoms with Gasteiger partial charge in [0.25, 0.3) is 5.91 Å². The zero-order valence-electron chi connectivity index (χ0n) is 21.7. The number of nitrogens with one attached hydrogen (secondary N) is 5. The van der Waals surface area contributed by atoms with Crippen LogP contribution >= 0.6 is 0 Å². The second-order valence-corrected chi connectivity index (χ2v) is 8.69. The van der Waals surface area contributed by atoms with Crippen molar-refractivity contribution in [3.05, 3.63) is 0 Å². The predicted octanol–water partition coefficient (Wildman–Crippen LogP) is 0.409. The number of carbonyl (C=O) groups is 3. The van der Waals surface area contributed by atoms with Gasteiger partial charge in [0, 0.05) is 26.7 Å². The molecule has 0 aromatic carbocycles. The molecule has 34 heavy (non-hydrogen) atoms. The average Bonchev–Trinajstić information content (AvgIpc) is 2.82. The van der Waals surface area contributed by atoms with Crippen LogP contribution in [0.25, 0.3) is 0 Å². The normalized spacial score (nSPS) is 12.7. The molecule has 200 valence electrons. The van der Waals surface area contributed by atoms with E-state index >= 15 is 0 Å². The third-order valence-electron chi connectivity index (χ3n) is 5.71. The molecule has 0 fully saturated rings. The highest BCUT2D eigenvalue weighted by Gasteiger charge is 2.42. The predicted molar refractivity (Wildman–Crippen MR) is 136 cm³/mol. The molecule has 0 rings (SSSR count). The van der Waals surface area contributed by atoms with E-state index < -0.39 is 11.5 Å². The number of nitrogens with two attached hydrogens (primary N) is 1. The SMILES string of the molecule is CNCCCCCNC(=O)CC(CC(=O)NCCCCCN)(OC)C(=O)NCCCCCNC. The van der Waals surface area contributed by atoms with E-state index in [2.05, 4.69) is 26.6 Å². The fourth-order valence-electron chi connectivity index (χ4n) is 3.58. The lowest BCUT2D eigenvalue weighted by atomic mass is 9.92. The molecule has 1 atom stereocenters. The summed E-state index contributed by atoms with van der Waals surface area (Å²) in [4.78, 5) is 38.3. The second-order valence-electron chi connectivity index (χ2n) is 8.69. The van der Waals surface area contributed by atoms with Crippen molar-refractivity contribution in [3.63, 3.8) is 0 Å². The number of unbranched alkanes of at least 4 members (excludes halogenated alkanes) is 6. The topological polar surface area (TPSA) is 147 Å². The lowest BCUT2D eigenvalue weighted by Crippen LogP contribution is -2.53. The monoisotopic (exact) mass is 486 g/mol. The summed E-state index contributed by atoms with van der Waals surface area (Å²) < 4.78 is 5.57. The highest BCUT2D eigenvalue weighted by atomic mass is 16.5. The Labute approximate surface area is 206 Å². The first-order valence-corrected chi connectivity index (χ1v) is 12.8. The maximum atomic E-state index is 13.1. The maximum Gasteiger partial charge on any atom is 0.253 e. The molecule has 0 aromatic heterocycles. The van der Waals surface area contributed by atoms with Gasteiger partial charge in [-0.05, 0) is 72.3 Å². The maximum absolute atomic E-state index is 13.1. The molecule has 1 unspecified atom stereocenters. The highest BCUT2D eigenvalue weighted by molar-refractivity contribution is 5.95. The van der Waals surface area contributed by atoms with Gasteiger partial charge in [-0.3, -0.25) is 14.4 Å². The average molecular weight is 487 g/mol. The molecular weight excluding hydrogens is 436 g/mol. The minimum Gasteiger partial charge on any atom is -0.367 e. The molecule has 0 heterocycles. The van der Waals surface area contributed by atoms with Gasteiger partial charge in [-0.2, -0.15) is 0 Å². The van der Waals surface area contributed by atoms with Crippen LogP contribution < -0.4 is 32.3 Å². The number of hydrogen-bond acceptors (Lipinski definition) is 7. The Kier molecular flexibility index (Phi) is 20.6. The molecule has 10 nitrogen and oxygen atoms in total. The van der Waals surface area contributed by atoms with Crippen molar-refractivity contribution in [2.75, 3.05) is 60.5 Å². The summed E-state index contributed by atoms with van der Waals surface area (Å²) in [5.74, 6) is -1.03. The molecule has 0 radical (unpaired) electrons. The van der Waals surface area contributed by atoms with E-state index in [1.165, 1.54) is 7.11 Å². The van der Waals surface area contributed by atoms with Gasteiger partial charge in [-0.1, -0.05) is 19.3 Å². The first kappa shape index (κ1) is 32.2. The molecule has 0 saturated carbocycles. The molecule has 0 aliphatic carbocycles. The zero-order chi connectivity index (χ0) is 25.5. The van der Waals surface area contributed by atoms with Gasteiger partial charge in [0.2, 0.25) is 11.8 Å². The summed E-state index contributed by atoms with van der Waals surface area (Å²) in [5, 5.41) is 14.8. The molecule has 0 bridgehead atoms. The van der Waals surface area contributed by atoms with Gasteiger partial charge in [0.1, 0.15) is 0 Å². The van der Waals surface area contributed by atoms with Crippen molar-refractivity contribution in [1.29, 1.82) is 0 Å². The Morgan fingerprint density at radius 2 is 1.06 bits per heavy atom. The van der Waals surface area contributed by atoms with Gasteiger partial charge >= 0.3 is 0 Å². The van der Waals surface area contributed by atoms with Crippen LogP contribution in [0, 0.1) is 0 Å². The number of hydrogen-bond donors (Lipinski definition) is 6. The van der Waals surface area contributed by atoms with Crippen LogP contribution in [0.2, 0.25) is 0 Å². The molecule has 0 saturated heterocycles. The lowest BCUT2D eigenvalue weighted by Gasteiger charge is -2.30. The van der Waals surface area contributed by atoms with Crippen LogP contribution in [-0.2, 0) is 19.1 Å². The Balaban J connectivity index is 4.89. The van der Waals surface area contributed by atoms with Crippen LogP contribution in [0.1, 0.15) is 70.6 Å². The quantitative estimate of drug-likeness (QED) is 0.115. The number of ether oxygens (including phenoxy) is 1. The Morgan fingerprint density at radius 1 is 0.647 bits per heavy atom. The van der Waals surface area contributed by atoms with Gasteiger partial charge < -0.3 is 37.1 Å². The van der Waals surface area contributed by atoms with Crippen LogP contribution in [0.3, 0.4) is 0 Å². The van der Waals surface area contributed by atoms with Crippen LogP contribution in [0.5, 0.6) is 0 Å². The molecular formula is C24H50N6O4. The Bertz CT molecular complexity index is 550. The standard InChI is InChI=1S/C24H50N6O4/c1-26-14-8-5-11-17-29-22(32)20-24(34-3,19-21(31)28-16-10-4-7-13-25)23(33)30-18-12-6-9-15-27-2/h26-27H,4-20,25H2,1-3H3,(H,28,31)(H,29,32)(H,30,33). The highest BCUT2D eigenvalue weighted by Crippen LogP contribution is 2.21. The smallest absolute Gasteiger partial charge is 0.253 e. The molecule has 0 aliphatic heterocycles. The summed E-state index contributed by atoms with van der Waals surface area (Å²) in [6.45, 7) is 4.00. The lowest BCUT2D eigenvalue weighted by molar-refractivity contribution is -0.153. The first-order valence-electron chi connectivity index (χ1n) is 12.8. The van der Waals surface area contributed by atoms with E-state index in [0.717, 1.165) is 70.9 Å². The summed E-state index contributed by atoms with van der Waals surface area (Å²) >= 11 is 0. The number of carbonyl (C=O) groups excluding carboxylic acids is 3. The van der Waals surface area contributed by atoms with Gasteiger partial charge in [0.15, 0.2) is 5.60 Å². The fraction of sp³-hybridized carbons (Fsp3) is 0.875. The van der Waals surface area contributed by atoms with Crippen LogP contribution in [0.4, 0.5) is 0 Å². The molecule has 0 spiro atoms. The van der Waals surface area contributed by atoms with Crippen molar-refractivity contribution >= 4 is 17.7 Å². The minimum absolute atomic E-state index is 0.202. The largest absolute Gasteiger partial charge is 0.367 e. The van der Waals surface area contributed by atoms with Crippen LogP contribution in [-0.4, -0.2) is 83.8 Å². The molecule has 3 amide bonds. The van der Waals surface area contributed by atoms with E-state index in [9.17, 15) is 14.4 Å². The molecule has 0 aromatic rings. The van der Waals surface area contributed by atoms with E-state index in [-0.39, 0.29) is 24.7 Å². The third-order valence-corrected chi connectivity index (χ3v) is 5.71. The van der Waals surface area contributed by atoms with Gasteiger partial charge in [-0.15, -0.1) is 0 Å². The third kappa shape index (κ3) is 16.0. The molecule has 7 N–H and O–H groups in total. The van der Waals surface area contributed by atoms with Crippen molar-refractivity contribution in [2.45, 2.75) is 76.2 Å². The summed E-state index contributed by atoms with van der Waals surface area (Å²) in [6.07, 6.45) is 7.94. The second kappa shape index (κ2) is 21.8. The number of rotatable bonds is 23. The summed E-state index contributed by atoms with van der Waals surface area (Å²) in [6, 6.07) is 0.